The Hall–Kier alpha value is -2.70. The van der Waals surface area contributed by atoms with Crippen molar-refractivity contribution >= 4 is 11.9 Å². The highest BCUT2D eigenvalue weighted by Crippen LogP contribution is 2.23. The third-order valence-electron chi connectivity index (χ3n) is 3.84. The highest BCUT2D eigenvalue weighted by molar-refractivity contribution is 5.90. The van der Waals surface area contributed by atoms with Crippen molar-refractivity contribution in [2.75, 3.05) is 6.61 Å². The summed E-state index contributed by atoms with van der Waals surface area (Å²) in [4.78, 5) is 24.1. The van der Waals surface area contributed by atoms with Crippen molar-refractivity contribution in [2.45, 2.75) is 24.9 Å². The molecule has 130 valence electrons. The number of benzene rings is 2. The Morgan fingerprint density at radius 1 is 0.960 bits per heavy atom. The minimum atomic E-state index is -1.06. The Morgan fingerprint density at radius 3 is 2.12 bits per heavy atom. The zero-order valence-corrected chi connectivity index (χ0v) is 13.4. The molecule has 1 heterocycles. The Kier molecular flexibility index (Phi) is 5.42. The van der Waals surface area contributed by atoms with Gasteiger partial charge in [0.1, 0.15) is 18.8 Å². The molecule has 0 aromatic heterocycles. The van der Waals surface area contributed by atoms with Crippen molar-refractivity contribution in [1.82, 2.24) is 0 Å². The van der Waals surface area contributed by atoms with Gasteiger partial charge >= 0.3 is 11.9 Å². The summed E-state index contributed by atoms with van der Waals surface area (Å²) in [6.07, 6.45) is -2.33. The van der Waals surface area contributed by atoms with Crippen LogP contribution in [0.4, 0.5) is 0 Å². The molecule has 2 aromatic rings. The quantitative estimate of drug-likeness (QED) is 0.839. The fraction of sp³-hybridized carbons (Fsp3) is 0.263. The minimum absolute atomic E-state index is 0.114. The number of rotatable bonds is 5. The van der Waals surface area contributed by atoms with Crippen LogP contribution in [-0.4, -0.2) is 42.1 Å². The Morgan fingerprint density at radius 2 is 1.52 bits per heavy atom. The van der Waals surface area contributed by atoms with Gasteiger partial charge in [-0.15, -0.1) is 0 Å². The largest absolute Gasteiger partial charge is 0.459 e. The summed E-state index contributed by atoms with van der Waals surface area (Å²) in [7, 11) is 0. The van der Waals surface area contributed by atoms with E-state index in [0.717, 1.165) is 0 Å². The molecule has 1 aliphatic heterocycles. The molecule has 1 saturated heterocycles. The molecule has 6 nitrogen and oxygen atoms in total. The van der Waals surface area contributed by atoms with Crippen LogP contribution >= 0.6 is 0 Å². The molecule has 2 aromatic carbocycles. The van der Waals surface area contributed by atoms with Crippen LogP contribution in [0, 0.1) is 0 Å². The van der Waals surface area contributed by atoms with E-state index >= 15 is 0 Å². The van der Waals surface area contributed by atoms with E-state index < -0.39 is 30.4 Å². The van der Waals surface area contributed by atoms with Gasteiger partial charge in [0.15, 0.2) is 6.29 Å². The van der Waals surface area contributed by atoms with Gasteiger partial charge in [-0.3, -0.25) is 0 Å². The average molecular weight is 342 g/mol. The molecule has 0 spiro atoms. The van der Waals surface area contributed by atoms with Crippen LogP contribution in [0.25, 0.3) is 0 Å². The molecule has 0 bridgehead atoms. The van der Waals surface area contributed by atoms with E-state index in [1.165, 1.54) is 0 Å². The summed E-state index contributed by atoms with van der Waals surface area (Å²) in [5, 5.41) is 9.68. The van der Waals surface area contributed by atoms with Gasteiger partial charge in [-0.05, 0) is 24.3 Å². The van der Waals surface area contributed by atoms with Crippen LogP contribution < -0.4 is 0 Å². The number of hydrogen-bond acceptors (Lipinski definition) is 6. The molecular weight excluding hydrogens is 324 g/mol. The maximum absolute atomic E-state index is 12.1. The summed E-state index contributed by atoms with van der Waals surface area (Å²) in [6.45, 7) is -0.114. The van der Waals surface area contributed by atoms with Gasteiger partial charge in [0, 0.05) is 6.42 Å². The molecular formula is C19H18O6. The molecule has 1 fully saturated rings. The first-order chi connectivity index (χ1) is 12.1. The van der Waals surface area contributed by atoms with E-state index in [1.54, 1.807) is 60.7 Å². The molecule has 0 radical (unpaired) electrons. The van der Waals surface area contributed by atoms with E-state index in [4.69, 9.17) is 14.2 Å². The number of esters is 2. The van der Waals surface area contributed by atoms with Crippen LogP contribution in [0.3, 0.4) is 0 Å². The highest BCUT2D eigenvalue weighted by Gasteiger charge is 2.38. The molecule has 3 atom stereocenters. The van der Waals surface area contributed by atoms with Gasteiger partial charge in [0.2, 0.25) is 0 Å². The molecule has 3 rings (SSSR count). The Balaban J connectivity index is 1.58. The maximum Gasteiger partial charge on any atom is 0.338 e. The fourth-order valence-corrected chi connectivity index (χ4v) is 2.56. The fourth-order valence-electron chi connectivity index (χ4n) is 2.56. The van der Waals surface area contributed by atoms with E-state index in [9.17, 15) is 14.7 Å². The third-order valence-corrected chi connectivity index (χ3v) is 3.84. The first kappa shape index (κ1) is 17.1. The van der Waals surface area contributed by atoms with Crippen LogP contribution in [0.5, 0.6) is 0 Å². The van der Waals surface area contributed by atoms with Gasteiger partial charge in [0.25, 0.3) is 0 Å². The number of aliphatic hydroxyl groups excluding tert-OH is 1. The van der Waals surface area contributed by atoms with E-state index in [0.29, 0.717) is 11.1 Å². The first-order valence-electron chi connectivity index (χ1n) is 7.95. The van der Waals surface area contributed by atoms with Crippen molar-refractivity contribution < 1.29 is 28.9 Å². The lowest BCUT2D eigenvalue weighted by atomic mass is 10.1. The van der Waals surface area contributed by atoms with E-state index in [-0.39, 0.29) is 13.0 Å². The number of aliphatic hydroxyl groups is 1. The zero-order chi connectivity index (χ0) is 17.6. The lowest BCUT2D eigenvalue weighted by molar-refractivity contribution is -0.110. The predicted octanol–water partition coefficient (Wildman–Crippen LogP) is 2.18. The topological polar surface area (TPSA) is 82.1 Å². The lowest BCUT2D eigenvalue weighted by Crippen LogP contribution is -2.32. The monoisotopic (exact) mass is 342 g/mol. The third kappa shape index (κ3) is 4.43. The van der Waals surface area contributed by atoms with Gasteiger partial charge < -0.3 is 19.3 Å². The number of ether oxygens (including phenoxy) is 3. The molecule has 0 aliphatic carbocycles. The molecule has 1 N–H and O–H groups in total. The molecule has 0 saturated carbocycles. The Labute approximate surface area is 144 Å². The number of carbonyl (C=O) groups excluding carboxylic acids is 2. The highest BCUT2D eigenvalue weighted by atomic mass is 16.7. The SMILES string of the molecule is O=C(OC[C@@H]1OC(O)C[C@H]1OC(=O)c1ccccc1)c1ccccc1. The summed E-state index contributed by atoms with van der Waals surface area (Å²) >= 11 is 0. The van der Waals surface area contributed by atoms with E-state index in [2.05, 4.69) is 0 Å². The number of carbonyl (C=O) groups is 2. The molecule has 25 heavy (non-hydrogen) atoms. The van der Waals surface area contributed by atoms with Crippen LogP contribution in [0.15, 0.2) is 60.7 Å². The van der Waals surface area contributed by atoms with Crippen molar-refractivity contribution in [3.63, 3.8) is 0 Å². The van der Waals surface area contributed by atoms with Crippen LogP contribution in [0.1, 0.15) is 27.1 Å². The lowest BCUT2D eigenvalue weighted by Gasteiger charge is -2.18. The molecule has 6 heteroatoms. The van der Waals surface area contributed by atoms with Crippen molar-refractivity contribution in [1.29, 1.82) is 0 Å². The first-order valence-corrected chi connectivity index (χ1v) is 7.95. The summed E-state index contributed by atoms with van der Waals surface area (Å²) in [6, 6.07) is 17.1. The van der Waals surface area contributed by atoms with Gasteiger partial charge in [-0.2, -0.15) is 0 Å². The number of hydrogen-bond donors (Lipinski definition) is 1. The normalized spacial score (nSPS) is 22.4. The molecule has 0 amide bonds. The minimum Gasteiger partial charge on any atom is -0.459 e. The van der Waals surface area contributed by atoms with Crippen molar-refractivity contribution in [3.8, 4) is 0 Å². The predicted molar refractivity (Wildman–Crippen MR) is 87.9 cm³/mol. The second kappa shape index (κ2) is 7.92. The standard InChI is InChI=1S/C19H18O6/c20-17-11-15(25-19(22)14-9-5-2-6-10-14)16(24-17)12-23-18(21)13-7-3-1-4-8-13/h1-10,15-17,20H,11-12H2/t15-,16+,17?/m1/s1. The van der Waals surface area contributed by atoms with Gasteiger partial charge in [0.05, 0.1) is 11.1 Å². The smallest absolute Gasteiger partial charge is 0.338 e. The molecule has 1 unspecified atom stereocenters. The maximum atomic E-state index is 12.1. The second-order valence-corrected chi connectivity index (χ2v) is 5.64. The summed E-state index contributed by atoms with van der Waals surface area (Å²) in [5.41, 5.74) is 0.822. The second-order valence-electron chi connectivity index (χ2n) is 5.64. The van der Waals surface area contributed by atoms with Gasteiger partial charge in [-0.25, -0.2) is 9.59 Å². The van der Waals surface area contributed by atoms with Crippen molar-refractivity contribution in [2.24, 2.45) is 0 Å². The zero-order valence-electron chi connectivity index (χ0n) is 13.4. The summed E-state index contributed by atoms with van der Waals surface area (Å²) < 4.78 is 15.9. The van der Waals surface area contributed by atoms with Crippen LogP contribution in [-0.2, 0) is 14.2 Å². The van der Waals surface area contributed by atoms with Gasteiger partial charge in [-0.1, -0.05) is 36.4 Å². The summed E-state index contributed by atoms with van der Waals surface area (Å²) in [5.74, 6) is -1.01. The van der Waals surface area contributed by atoms with E-state index in [1.807, 2.05) is 0 Å². The van der Waals surface area contributed by atoms with Crippen molar-refractivity contribution in [3.05, 3.63) is 71.8 Å². The van der Waals surface area contributed by atoms with Crippen LogP contribution in [0.2, 0.25) is 0 Å². The Bertz CT molecular complexity index is 715. The average Bonchev–Trinajstić information content (AvgIpc) is 3.00. The molecule has 1 aliphatic rings.